The smallest absolute Gasteiger partial charge is 0.339 e. The van der Waals surface area contributed by atoms with Crippen LogP contribution in [0.4, 0.5) is 13.2 Å². The largest absolute Gasteiger partial charge is 0.416 e. The summed E-state index contributed by atoms with van der Waals surface area (Å²) in [5.74, 6) is 0.208. The van der Waals surface area contributed by atoms with Gasteiger partial charge in [0.05, 0.1) is 5.56 Å². The summed E-state index contributed by atoms with van der Waals surface area (Å²) >= 11 is 0. The SMILES string of the molecule is NCC1CCN(C(=O)/C=C/c2ccc(C(F)(F)F)cc2)C1. The normalized spacial score (nSPS) is 19.4. The maximum absolute atomic E-state index is 12.4. The number of carbonyl (C=O) groups excluding carboxylic acids is 1. The minimum Gasteiger partial charge on any atom is -0.339 e. The Hall–Kier alpha value is -1.82. The van der Waals surface area contributed by atoms with Crippen molar-refractivity contribution in [3.8, 4) is 0 Å². The van der Waals surface area contributed by atoms with Crippen molar-refractivity contribution in [1.29, 1.82) is 0 Å². The second-order valence-electron chi connectivity index (χ2n) is 5.13. The predicted octanol–water partition coefficient (Wildman–Crippen LogP) is 2.53. The predicted molar refractivity (Wildman–Crippen MR) is 74.2 cm³/mol. The molecule has 6 heteroatoms. The van der Waals surface area contributed by atoms with Crippen LogP contribution < -0.4 is 5.73 Å². The zero-order chi connectivity index (χ0) is 15.5. The summed E-state index contributed by atoms with van der Waals surface area (Å²) in [6, 6.07) is 4.70. The first-order valence-corrected chi connectivity index (χ1v) is 6.74. The standard InChI is InChI=1S/C15H17F3N2O/c16-15(17,18)13-4-1-11(2-5-13)3-6-14(21)20-8-7-12(9-19)10-20/h1-6,12H,7-10,19H2/b6-3+. The fraction of sp³-hybridized carbons (Fsp3) is 0.400. The third kappa shape index (κ3) is 4.07. The van der Waals surface area contributed by atoms with Crippen molar-refractivity contribution in [2.45, 2.75) is 12.6 Å². The highest BCUT2D eigenvalue weighted by molar-refractivity contribution is 5.91. The van der Waals surface area contributed by atoms with Crippen LogP contribution >= 0.6 is 0 Å². The van der Waals surface area contributed by atoms with Crippen molar-refractivity contribution in [2.75, 3.05) is 19.6 Å². The molecule has 1 saturated heterocycles. The molecule has 0 aliphatic carbocycles. The van der Waals surface area contributed by atoms with Crippen molar-refractivity contribution in [1.82, 2.24) is 4.90 Å². The van der Waals surface area contributed by atoms with Crippen LogP contribution in [0.15, 0.2) is 30.3 Å². The van der Waals surface area contributed by atoms with E-state index in [1.54, 1.807) is 4.90 Å². The molecular weight excluding hydrogens is 281 g/mol. The van der Waals surface area contributed by atoms with Gasteiger partial charge >= 0.3 is 6.18 Å². The van der Waals surface area contributed by atoms with E-state index in [-0.39, 0.29) is 5.91 Å². The van der Waals surface area contributed by atoms with Gasteiger partial charge in [0.25, 0.3) is 0 Å². The summed E-state index contributed by atoms with van der Waals surface area (Å²) in [5, 5.41) is 0. The molecule has 0 bridgehead atoms. The Morgan fingerprint density at radius 3 is 2.52 bits per heavy atom. The number of likely N-dealkylation sites (tertiary alicyclic amines) is 1. The Morgan fingerprint density at radius 2 is 2.00 bits per heavy atom. The van der Waals surface area contributed by atoms with Crippen LogP contribution in [-0.2, 0) is 11.0 Å². The van der Waals surface area contributed by atoms with Gasteiger partial charge in [0, 0.05) is 19.2 Å². The average Bonchev–Trinajstić information content (AvgIpc) is 2.93. The van der Waals surface area contributed by atoms with Gasteiger partial charge in [-0.1, -0.05) is 12.1 Å². The molecule has 1 aliphatic rings. The van der Waals surface area contributed by atoms with Crippen molar-refractivity contribution >= 4 is 12.0 Å². The molecular formula is C15H17F3N2O. The van der Waals surface area contributed by atoms with Crippen LogP contribution in [0, 0.1) is 5.92 Å². The maximum Gasteiger partial charge on any atom is 0.416 e. The first-order chi connectivity index (χ1) is 9.90. The van der Waals surface area contributed by atoms with E-state index in [0.29, 0.717) is 31.1 Å². The second-order valence-corrected chi connectivity index (χ2v) is 5.13. The van der Waals surface area contributed by atoms with Crippen molar-refractivity contribution < 1.29 is 18.0 Å². The van der Waals surface area contributed by atoms with Gasteiger partial charge in [-0.25, -0.2) is 0 Å². The number of amides is 1. The summed E-state index contributed by atoms with van der Waals surface area (Å²) < 4.78 is 37.3. The second kappa shape index (κ2) is 6.30. The van der Waals surface area contributed by atoms with Gasteiger partial charge in [-0.3, -0.25) is 4.79 Å². The molecule has 0 saturated carbocycles. The highest BCUT2D eigenvalue weighted by Crippen LogP contribution is 2.29. The van der Waals surface area contributed by atoms with Gasteiger partial charge in [-0.05, 0) is 42.7 Å². The number of alkyl halides is 3. The van der Waals surface area contributed by atoms with Gasteiger partial charge in [0.1, 0.15) is 0 Å². The number of hydrogen-bond donors (Lipinski definition) is 1. The third-order valence-electron chi connectivity index (χ3n) is 3.59. The summed E-state index contributed by atoms with van der Waals surface area (Å²) in [6.45, 7) is 1.89. The Balaban J connectivity index is 1.96. The minimum atomic E-state index is -4.34. The molecule has 0 radical (unpaired) electrons. The van der Waals surface area contributed by atoms with E-state index in [4.69, 9.17) is 5.73 Å². The van der Waals surface area contributed by atoms with Crippen molar-refractivity contribution in [3.63, 3.8) is 0 Å². The Morgan fingerprint density at radius 1 is 1.33 bits per heavy atom. The Kier molecular flexibility index (Phi) is 4.67. The lowest BCUT2D eigenvalue weighted by Crippen LogP contribution is -2.28. The lowest BCUT2D eigenvalue weighted by molar-refractivity contribution is -0.137. The van der Waals surface area contributed by atoms with Gasteiger partial charge in [0.2, 0.25) is 5.91 Å². The molecule has 0 aromatic heterocycles. The molecule has 0 spiro atoms. The average molecular weight is 298 g/mol. The number of nitrogens with two attached hydrogens (primary N) is 1. The van der Waals surface area contributed by atoms with E-state index in [1.807, 2.05) is 0 Å². The molecule has 114 valence electrons. The number of benzene rings is 1. The van der Waals surface area contributed by atoms with E-state index in [0.717, 1.165) is 18.6 Å². The van der Waals surface area contributed by atoms with Crippen molar-refractivity contribution in [2.24, 2.45) is 11.7 Å². The van der Waals surface area contributed by atoms with Crippen LogP contribution in [-0.4, -0.2) is 30.4 Å². The number of nitrogens with zero attached hydrogens (tertiary/aromatic N) is 1. The molecule has 3 nitrogen and oxygen atoms in total. The van der Waals surface area contributed by atoms with E-state index in [2.05, 4.69) is 0 Å². The number of hydrogen-bond acceptors (Lipinski definition) is 2. The minimum absolute atomic E-state index is 0.133. The van der Waals surface area contributed by atoms with E-state index in [9.17, 15) is 18.0 Å². The Bertz CT molecular complexity index is 523. The van der Waals surface area contributed by atoms with Gasteiger partial charge in [-0.2, -0.15) is 13.2 Å². The molecule has 2 N–H and O–H groups in total. The number of carbonyl (C=O) groups is 1. The lowest BCUT2D eigenvalue weighted by atomic mass is 10.1. The monoisotopic (exact) mass is 298 g/mol. The van der Waals surface area contributed by atoms with Crippen LogP contribution in [0.25, 0.3) is 6.08 Å². The number of halogens is 3. The first kappa shape index (κ1) is 15.6. The molecule has 1 aromatic carbocycles. The van der Waals surface area contributed by atoms with E-state index < -0.39 is 11.7 Å². The van der Waals surface area contributed by atoms with Crippen LogP contribution in [0.1, 0.15) is 17.5 Å². The summed E-state index contributed by atoms with van der Waals surface area (Å²) in [5.41, 5.74) is 5.43. The molecule has 1 unspecified atom stereocenters. The summed E-state index contributed by atoms with van der Waals surface area (Å²) in [6.07, 6.45) is -0.527. The van der Waals surface area contributed by atoms with Gasteiger partial charge in [0.15, 0.2) is 0 Å². The zero-order valence-corrected chi connectivity index (χ0v) is 11.4. The van der Waals surface area contributed by atoms with Crippen LogP contribution in [0.2, 0.25) is 0 Å². The Labute approximate surface area is 121 Å². The van der Waals surface area contributed by atoms with Gasteiger partial charge < -0.3 is 10.6 Å². The zero-order valence-electron chi connectivity index (χ0n) is 11.4. The molecule has 1 atom stereocenters. The first-order valence-electron chi connectivity index (χ1n) is 6.74. The maximum atomic E-state index is 12.4. The molecule has 1 aliphatic heterocycles. The third-order valence-corrected chi connectivity index (χ3v) is 3.59. The fourth-order valence-electron chi connectivity index (χ4n) is 2.28. The lowest BCUT2D eigenvalue weighted by Gasteiger charge is -2.13. The summed E-state index contributed by atoms with van der Waals surface area (Å²) in [4.78, 5) is 13.6. The quantitative estimate of drug-likeness (QED) is 0.872. The van der Waals surface area contributed by atoms with Gasteiger partial charge in [-0.15, -0.1) is 0 Å². The van der Waals surface area contributed by atoms with E-state index >= 15 is 0 Å². The topological polar surface area (TPSA) is 46.3 Å². The van der Waals surface area contributed by atoms with E-state index in [1.165, 1.54) is 24.3 Å². The molecule has 1 fully saturated rings. The highest BCUT2D eigenvalue weighted by Gasteiger charge is 2.29. The van der Waals surface area contributed by atoms with Crippen molar-refractivity contribution in [3.05, 3.63) is 41.5 Å². The highest BCUT2D eigenvalue weighted by atomic mass is 19.4. The fourth-order valence-corrected chi connectivity index (χ4v) is 2.28. The molecule has 2 rings (SSSR count). The van der Waals surface area contributed by atoms with Crippen LogP contribution in [0.5, 0.6) is 0 Å². The molecule has 21 heavy (non-hydrogen) atoms. The summed E-state index contributed by atoms with van der Waals surface area (Å²) in [7, 11) is 0. The number of rotatable bonds is 3. The molecule has 1 aromatic rings. The molecule has 1 heterocycles. The van der Waals surface area contributed by atoms with Crippen LogP contribution in [0.3, 0.4) is 0 Å². The molecule has 1 amide bonds.